The van der Waals surface area contributed by atoms with E-state index in [4.69, 9.17) is 0 Å². The van der Waals surface area contributed by atoms with Gasteiger partial charge in [-0.3, -0.25) is 4.79 Å². The van der Waals surface area contributed by atoms with E-state index in [-0.39, 0.29) is 5.91 Å². The van der Waals surface area contributed by atoms with Crippen molar-refractivity contribution in [1.82, 2.24) is 10.2 Å². The molecule has 1 unspecified atom stereocenters. The molecule has 0 saturated carbocycles. The number of nitrogens with zero attached hydrogens (tertiary/aromatic N) is 2. The summed E-state index contributed by atoms with van der Waals surface area (Å²) >= 11 is 4.64. The largest absolute Gasteiger partial charge is 0.325 e. The molecule has 140 valence electrons. The Hall–Kier alpha value is -1.83. The Kier molecular flexibility index (Phi) is 6.93. The van der Waals surface area contributed by atoms with Gasteiger partial charge in [-0.2, -0.15) is 0 Å². The third-order valence-electron chi connectivity index (χ3n) is 3.87. The molecule has 3 aromatic rings. The quantitative estimate of drug-likeness (QED) is 0.499. The second-order valence-electron chi connectivity index (χ2n) is 5.98. The Morgan fingerprint density at radius 2 is 1.85 bits per heavy atom. The lowest BCUT2D eigenvalue weighted by molar-refractivity contribution is -0.115. The number of rotatable bonds is 7. The predicted octanol–water partition coefficient (Wildman–Crippen LogP) is 5.74. The number of amides is 1. The second kappa shape index (κ2) is 9.39. The van der Waals surface area contributed by atoms with Crippen molar-refractivity contribution in [2.24, 2.45) is 0 Å². The van der Waals surface area contributed by atoms with Crippen LogP contribution in [0.15, 0.2) is 57.2 Å². The number of thioether (sulfide) groups is 2. The average molecular weight is 416 g/mol. The Balaban J connectivity index is 1.85. The monoisotopic (exact) mass is 415 g/mol. The lowest BCUT2D eigenvalue weighted by Crippen LogP contribution is -2.19. The zero-order valence-electron chi connectivity index (χ0n) is 15.4. The molecule has 4 nitrogen and oxygen atoms in total. The van der Waals surface area contributed by atoms with Crippen LogP contribution >= 0.6 is 34.9 Å². The third kappa shape index (κ3) is 5.34. The number of hydrogen-bond acceptors (Lipinski definition) is 6. The van der Waals surface area contributed by atoms with Crippen LogP contribution in [-0.2, 0) is 4.79 Å². The first-order valence-electron chi connectivity index (χ1n) is 8.63. The first kappa shape index (κ1) is 19.9. The van der Waals surface area contributed by atoms with Gasteiger partial charge in [-0.25, -0.2) is 0 Å². The molecule has 2 aromatic carbocycles. The van der Waals surface area contributed by atoms with E-state index < -0.39 is 5.25 Å². The van der Waals surface area contributed by atoms with Gasteiger partial charge < -0.3 is 5.32 Å². The van der Waals surface area contributed by atoms with Crippen LogP contribution in [0.2, 0.25) is 0 Å². The summed E-state index contributed by atoms with van der Waals surface area (Å²) < 4.78 is 1.73. The Morgan fingerprint density at radius 3 is 2.59 bits per heavy atom. The van der Waals surface area contributed by atoms with E-state index in [1.807, 2.05) is 62.4 Å². The summed E-state index contributed by atoms with van der Waals surface area (Å²) in [5, 5.41) is 11.2. The van der Waals surface area contributed by atoms with Crippen molar-refractivity contribution < 1.29 is 4.79 Å². The molecule has 0 bridgehead atoms. The molecule has 0 aliphatic rings. The minimum Gasteiger partial charge on any atom is -0.325 e. The fraction of sp³-hybridized carbons (Fsp3) is 0.250. The Labute approximate surface area is 172 Å². The smallest absolute Gasteiger partial charge is 0.242 e. The van der Waals surface area contributed by atoms with E-state index in [1.165, 1.54) is 23.1 Å². The molecule has 0 spiro atoms. The zero-order valence-corrected chi connectivity index (χ0v) is 17.9. The van der Waals surface area contributed by atoms with Crippen LogP contribution in [0, 0.1) is 13.8 Å². The van der Waals surface area contributed by atoms with Crippen molar-refractivity contribution in [2.45, 2.75) is 34.7 Å². The molecule has 0 radical (unpaired) electrons. The number of benzene rings is 2. The number of aromatic nitrogens is 2. The van der Waals surface area contributed by atoms with E-state index in [9.17, 15) is 4.79 Å². The summed E-state index contributed by atoms with van der Waals surface area (Å²) in [6, 6.07) is 15.9. The zero-order chi connectivity index (χ0) is 19.2. The second-order valence-corrected chi connectivity index (χ2v) is 9.82. The third-order valence-corrected chi connectivity index (χ3v) is 7.14. The molecular weight excluding hydrogens is 394 g/mol. The average Bonchev–Trinajstić information content (AvgIpc) is 3.11. The molecule has 0 aliphatic heterocycles. The minimum atomic E-state index is -0.390. The summed E-state index contributed by atoms with van der Waals surface area (Å²) in [5.41, 5.74) is 3.96. The van der Waals surface area contributed by atoms with Gasteiger partial charge in [-0.1, -0.05) is 84.2 Å². The van der Waals surface area contributed by atoms with Crippen molar-refractivity contribution in [2.75, 3.05) is 11.1 Å². The SMILES string of the molecule is CCSc1nnc(SC(C(=O)Nc2cc(C)ccc2C)c2ccccc2)s1. The van der Waals surface area contributed by atoms with Crippen molar-refractivity contribution >= 4 is 46.5 Å². The maximum atomic E-state index is 13.1. The standard InChI is InChI=1S/C20H21N3OS3/c1-4-25-19-22-23-20(27-19)26-17(15-8-6-5-7-9-15)18(24)21-16-12-13(2)10-11-14(16)3/h5-12,17H,4H2,1-3H3,(H,21,24). The molecular formula is C20H21N3OS3. The highest BCUT2D eigenvalue weighted by Crippen LogP contribution is 2.39. The van der Waals surface area contributed by atoms with Gasteiger partial charge in [-0.15, -0.1) is 10.2 Å². The highest BCUT2D eigenvalue weighted by atomic mass is 32.2. The van der Waals surface area contributed by atoms with Crippen LogP contribution < -0.4 is 5.32 Å². The van der Waals surface area contributed by atoms with Crippen molar-refractivity contribution in [1.29, 1.82) is 0 Å². The molecule has 27 heavy (non-hydrogen) atoms. The molecule has 0 saturated heterocycles. The summed E-state index contributed by atoms with van der Waals surface area (Å²) in [7, 11) is 0. The first-order chi connectivity index (χ1) is 13.1. The molecule has 1 N–H and O–H groups in total. The Bertz CT molecular complexity index is 912. The molecule has 0 aliphatic carbocycles. The van der Waals surface area contributed by atoms with Gasteiger partial charge in [0.25, 0.3) is 0 Å². The number of nitrogens with one attached hydrogen (secondary N) is 1. The minimum absolute atomic E-state index is 0.0557. The molecule has 1 amide bonds. The van der Waals surface area contributed by atoms with Crippen molar-refractivity contribution in [3.63, 3.8) is 0 Å². The number of carbonyl (C=O) groups excluding carboxylic acids is 1. The Morgan fingerprint density at radius 1 is 1.11 bits per heavy atom. The van der Waals surface area contributed by atoms with Gasteiger partial charge in [-0.05, 0) is 42.4 Å². The summed E-state index contributed by atoms with van der Waals surface area (Å²) in [5.74, 6) is 0.897. The maximum absolute atomic E-state index is 13.1. The molecule has 7 heteroatoms. The van der Waals surface area contributed by atoms with Gasteiger partial charge in [0.2, 0.25) is 5.91 Å². The van der Waals surface area contributed by atoms with E-state index in [1.54, 1.807) is 11.8 Å². The first-order valence-corrected chi connectivity index (χ1v) is 11.3. The van der Waals surface area contributed by atoms with E-state index in [0.717, 1.165) is 36.8 Å². The van der Waals surface area contributed by atoms with Gasteiger partial charge >= 0.3 is 0 Å². The molecule has 3 rings (SSSR count). The lowest BCUT2D eigenvalue weighted by Gasteiger charge is -2.17. The van der Waals surface area contributed by atoms with Crippen LogP contribution in [0.5, 0.6) is 0 Å². The van der Waals surface area contributed by atoms with E-state index >= 15 is 0 Å². The molecule has 1 heterocycles. The van der Waals surface area contributed by atoms with Gasteiger partial charge in [0.15, 0.2) is 8.68 Å². The maximum Gasteiger partial charge on any atom is 0.242 e. The van der Waals surface area contributed by atoms with Gasteiger partial charge in [0, 0.05) is 5.69 Å². The number of aryl methyl sites for hydroxylation is 2. The fourth-order valence-corrected chi connectivity index (χ4v) is 5.61. The van der Waals surface area contributed by atoms with Crippen LogP contribution in [-0.4, -0.2) is 21.9 Å². The van der Waals surface area contributed by atoms with E-state index in [0.29, 0.717) is 0 Å². The highest BCUT2D eigenvalue weighted by molar-refractivity contribution is 8.03. The molecule has 1 atom stereocenters. The highest BCUT2D eigenvalue weighted by Gasteiger charge is 2.24. The van der Waals surface area contributed by atoms with Crippen LogP contribution in [0.25, 0.3) is 0 Å². The number of anilines is 1. The summed E-state index contributed by atoms with van der Waals surface area (Å²) in [4.78, 5) is 13.1. The topological polar surface area (TPSA) is 54.9 Å². The normalized spacial score (nSPS) is 12.0. The summed E-state index contributed by atoms with van der Waals surface area (Å²) in [6.07, 6.45) is 0. The summed E-state index contributed by atoms with van der Waals surface area (Å²) in [6.45, 7) is 6.11. The van der Waals surface area contributed by atoms with E-state index in [2.05, 4.69) is 22.4 Å². The van der Waals surface area contributed by atoms with Crippen molar-refractivity contribution in [3.05, 3.63) is 65.2 Å². The van der Waals surface area contributed by atoms with Crippen LogP contribution in [0.4, 0.5) is 5.69 Å². The van der Waals surface area contributed by atoms with Crippen LogP contribution in [0.3, 0.4) is 0 Å². The number of hydrogen-bond donors (Lipinski definition) is 1. The van der Waals surface area contributed by atoms with Gasteiger partial charge in [0.1, 0.15) is 5.25 Å². The fourth-order valence-electron chi connectivity index (χ4n) is 2.50. The molecule has 1 aromatic heterocycles. The molecule has 0 fully saturated rings. The predicted molar refractivity (Wildman–Crippen MR) is 116 cm³/mol. The van der Waals surface area contributed by atoms with Crippen molar-refractivity contribution in [3.8, 4) is 0 Å². The van der Waals surface area contributed by atoms with Gasteiger partial charge in [0.05, 0.1) is 0 Å². The number of carbonyl (C=O) groups is 1. The van der Waals surface area contributed by atoms with Crippen LogP contribution in [0.1, 0.15) is 28.9 Å². The lowest BCUT2D eigenvalue weighted by atomic mass is 10.1.